The van der Waals surface area contributed by atoms with Crippen LogP contribution in [0.15, 0.2) is 6.07 Å². The van der Waals surface area contributed by atoms with Crippen LogP contribution in [0.1, 0.15) is 36.5 Å². The van der Waals surface area contributed by atoms with Crippen LogP contribution >= 0.6 is 0 Å². The molecule has 0 radical (unpaired) electrons. The molecule has 1 unspecified atom stereocenters. The molecule has 6 heteroatoms. The molecule has 0 saturated carbocycles. The van der Waals surface area contributed by atoms with E-state index in [4.69, 9.17) is 0 Å². The Hall–Kier alpha value is -1.85. The number of aromatic amines is 1. The lowest BCUT2D eigenvalue weighted by molar-refractivity contribution is -0.143. The second kappa shape index (κ2) is 6.18. The molecule has 100 valence electrons. The number of amides is 1. The van der Waals surface area contributed by atoms with Crippen LogP contribution in [-0.2, 0) is 9.53 Å². The van der Waals surface area contributed by atoms with Gasteiger partial charge in [-0.15, -0.1) is 0 Å². The van der Waals surface area contributed by atoms with Gasteiger partial charge < -0.3 is 10.1 Å². The summed E-state index contributed by atoms with van der Waals surface area (Å²) in [7, 11) is 1.31. The number of ether oxygens (including phenoxy) is 1. The van der Waals surface area contributed by atoms with Gasteiger partial charge in [-0.1, -0.05) is 13.8 Å². The number of hydrogen-bond acceptors (Lipinski definition) is 4. The first-order valence-corrected chi connectivity index (χ1v) is 5.84. The third kappa shape index (κ3) is 3.87. The summed E-state index contributed by atoms with van der Waals surface area (Å²) in [4.78, 5) is 23.4. The molecular weight excluding hydrogens is 234 g/mol. The standard InChI is InChI=1S/C12H19N3O3/c1-7(2)5-10(12(17)18-4)13-11(16)9-6-8(3)14-15-9/h6-7,10H,5H2,1-4H3,(H,13,16)(H,14,15). The van der Waals surface area contributed by atoms with E-state index in [-0.39, 0.29) is 17.5 Å². The maximum atomic E-state index is 11.9. The lowest BCUT2D eigenvalue weighted by Gasteiger charge is -2.17. The Labute approximate surface area is 106 Å². The van der Waals surface area contributed by atoms with Crippen molar-refractivity contribution in [2.45, 2.75) is 33.2 Å². The minimum atomic E-state index is -0.639. The van der Waals surface area contributed by atoms with Crippen LogP contribution in [0, 0.1) is 12.8 Å². The van der Waals surface area contributed by atoms with E-state index < -0.39 is 12.0 Å². The number of H-pyrrole nitrogens is 1. The highest BCUT2D eigenvalue weighted by atomic mass is 16.5. The highest BCUT2D eigenvalue weighted by molar-refractivity contribution is 5.95. The van der Waals surface area contributed by atoms with E-state index in [9.17, 15) is 9.59 Å². The molecule has 1 atom stereocenters. The zero-order valence-corrected chi connectivity index (χ0v) is 11.1. The van der Waals surface area contributed by atoms with Crippen LogP contribution < -0.4 is 5.32 Å². The Morgan fingerprint density at radius 2 is 2.17 bits per heavy atom. The van der Waals surface area contributed by atoms with Gasteiger partial charge in [0.1, 0.15) is 11.7 Å². The van der Waals surface area contributed by atoms with E-state index in [1.807, 2.05) is 13.8 Å². The fourth-order valence-corrected chi connectivity index (χ4v) is 1.59. The topological polar surface area (TPSA) is 84.1 Å². The molecule has 0 aromatic carbocycles. The van der Waals surface area contributed by atoms with Crippen LogP contribution in [0.4, 0.5) is 0 Å². The molecule has 0 fully saturated rings. The molecule has 1 rings (SSSR count). The highest BCUT2D eigenvalue weighted by Gasteiger charge is 2.23. The van der Waals surface area contributed by atoms with Gasteiger partial charge in [0.15, 0.2) is 0 Å². The lowest BCUT2D eigenvalue weighted by atomic mass is 10.0. The molecule has 2 N–H and O–H groups in total. The molecule has 0 aliphatic rings. The predicted octanol–water partition coefficient (Wildman–Crippen LogP) is 1.04. The largest absolute Gasteiger partial charge is 0.467 e. The van der Waals surface area contributed by atoms with Gasteiger partial charge in [0.25, 0.3) is 5.91 Å². The zero-order valence-electron chi connectivity index (χ0n) is 11.1. The summed E-state index contributed by atoms with van der Waals surface area (Å²) >= 11 is 0. The molecule has 1 aromatic heterocycles. The molecular formula is C12H19N3O3. The Morgan fingerprint density at radius 3 is 2.61 bits per heavy atom. The van der Waals surface area contributed by atoms with E-state index in [0.717, 1.165) is 5.69 Å². The summed E-state index contributed by atoms with van der Waals surface area (Å²) in [6.07, 6.45) is 0.530. The van der Waals surface area contributed by atoms with Crippen molar-refractivity contribution in [3.63, 3.8) is 0 Å². The van der Waals surface area contributed by atoms with Crippen molar-refractivity contribution in [2.75, 3.05) is 7.11 Å². The second-order valence-corrected chi connectivity index (χ2v) is 4.61. The van der Waals surface area contributed by atoms with Crippen molar-refractivity contribution in [3.8, 4) is 0 Å². The highest BCUT2D eigenvalue weighted by Crippen LogP contribution is 2.07. The maximum Gasteiger partial charge on any atom is 0.328 e. The second-order valence-electron chi connectivity index (χ2n) is 4.61. The molecule has 18 heavy (non-hydrogen) atoms. The van der Waals surface area contributed by atoms with Gasteiger partial charge in [-0.25, -0.2) is 4.79 Å². The Kier molecular flexibility index (Phi) is 4.88. The van der Waals surface area contributed by atoms with E-state index in [2.05, 4.69) is 20.3 Å². The number of esters is 1. The predicted molar refractivity (Wildman–Crippen MR) is 66.0 cm³/mol. The minimum Gasteiger partial charge on any atom is -0.467 e. The molecule has 0 saturated heterocycles. The normalized spacial score (nSPS) is 12.3. The fraction of sp³-hybridized carbons (Fsp3) is 0.583. The van der Waals surface area contributed by atoms with Crippen LogP contribution in [-0.4, -0.2) is 35.2 Å². The summed E-state index contributed by atoms with van der Waals surface area (Å²) in [5.74, 6) is -0.546. The van der Waals surface area contributed by atoms with Crippen molar-refractivity contribution in [1.29, 1.82) is 0 Å². The number of carbonyl (C=O) groups excluding carboxylic acids is 2. The first-order chi connectivity index (χ1) is 8.43. The Morgan fingerprint density at radius 1 is 1.50 bits per heavy atom. The average molecular weight is 253 g/mol. The van der Waals surface area contributed by atoms with Crippen molar-refractivity contribution in [3.05, 3.63) is 17.5 Å². The number of aryl methyl sites for hydroxylation is 1. The van der Waals surface area contributed by atoms with Crippen LogP contribution in [0.25, 0.3) is 0 Å². The Balaban J connectivity index is 2.71. The smallest absolute Gasteiger partial charge is 0.328 e. The first kappa shape index (κ1) is 14.2. The third-order valence-electron chi connectivity index (χ3n) is 2.44. The van der Waals surface area contributed by atoms with Crippen LogP contribution in [0.3, 0.4) is 0 Å². The lowest BCUT2D eigenvalue weighted by Crippen LogP contribution is -2.42. The van der Waals surface area contributed by atoms with Crippen molar-refractivity contribution in [2.24, 2.45) is 5.92 Å². The molecule has 6 nitrogen and oxygen atoms in total. The number of nitrogens with one attached hydrogen (secondary N) is 2. The Bertz CT molecular complexity index is 426. The van der Waals surface area contributed by atoms with E-state index >= 15 is 0 Å². The van der Waals surface area contributed by atoms with E-state index in [1.165, 1.54) is 7.11 Å². The molecule has 0 aliphatic carbocycles. The number of methoxy groups -OCH3 is 1. The third-order valence-corrected chi connectivity index (χ3v) is 2.44. The molecule has 1 heterocycles. The number of carbonyl (C=O) groups is 2. The monoisotopic (exact) mass is 253 g/mol. The average Bonchev–Trinajstić information content (AvgIpc) is 2.73. The summed E-state index contributed by atoms with van der Waals surface area (Å²) in [6.45, 7) is 5.75. The number of nitrogens with zero attached hydrogens (tertiary/aromatic N) is 1. The molecule has 1 aromatic rings. The molecule has 0 spiro atoms. The summed E-state index contributed by atoms with van der Waals surface area (Å²) < 4.78 is 4.67. The minimum absolute atomic E-state index is 0.269. The van der Waals surface area contributed by atoms with Crippen LogP contribution in [0.2, 0.25) is 0 Å². The number of aromatic nitrogens is 2. The zero-order chi connectivity index (χ0) is 13.7. The van der Waals surface area contributed by atoms with Crippen molar-refractivity contribution in [1.82, 2.24) is 15.5 Å². The van der Waals surface area contributed by atoms with Crippen molar-refractivity contribution >= 4 is 11.9 Å². The summed E-state index contributed by atoms with van der Waals surface area (Å²) in [5.41, 5.74) is 1.06. The number of hydrogen-bond donors (Lipinski definition) is 2. The van der Waals surface area contributed by atoms with Gasteiger partial charge in [0.2, 0.25) is 0 Å². The van der Waals surface area contributed by atoms with Gasteiger partial charge in [-0.2, -0.15) is 5.10 Å². The molecule has 1 amide bonds. The van der Waals surface area contributed by atoms with Crippen LogP contribution in [0.5, 0.6) is 0 Å². The number of rotatable bonds is 5. The van der Waals surface area contributed by atoms with Gasteiger partial charge >= 0.3 is 5.97 Å². The van der Waals surface area contributed by atoms with Crippen molar-refractivity contribution < 1.29 is 14.3 Å². The maximum absolute atomic E-state index is 11.9. The van der Waals surface area contributed by atoms with Gasteiger partial charge in [-0.3, -0.25) is 9.89 Å². The van der Waals surface area contributed by atoms with E-state index in [1.54, 1.807) is 13.0 Å². The van der Waals surface area contributed by atoms with Gasteiger partial charge in [0.05, 0.1) is 7.11 Å². The van der Waals surface area contributed by atoms with Gasteiger partial charge in [-0.05, 0) is 25.3 Å². The SMILES string of the molecule is COC(=O)C(CC(C)C)NC(=O)c1cc(C)[nH]n1. The molecule has 0 aliphatic heterocycles. The van der Waals surface area contributed by atoms with E-state index in [0.29, 0.717) is 6.42 Å². The fourth-order valence-electron chi connectivity index (χ4n) is 1.59. The van der Waals surface area contributed by atoms with Gasteiger partial charge in [0, 0.05) is 5.69 Å². The summed E-state index contributed by atoms with van der Waals surface area (Å²) in [6, 6.07) is 0.985. The quantitative estimate of drug-likeness (QED) is 0.768. The summed E-state index contributed by atoms with van der Waals surface area (Å²) in [5, 5.41) is 9.16. The first-order valence-electron chi connectivity index (χ1n) is 5.84. The molecule has 0 bridgehead atoms.